The molecule has 1 heterocycles. The molecule has 1 unspecified atom stereocenters. The minimum atomic E-state index is -5.60. The van der Waals surface area contributed by atoms with E-state index in [1.54, 1.807) is 6.07 Å². The maximum absolute atomic E-state index is 14.5. The summed E-state index contributed by atoms with van der Waals surface area (Å²) in [5, 5.41) is 3.87. The highest BCUT2D eigenvalue weighted by Crippen LogP contribution is 2.51. The van der Waals surface area contributed by atoms with Crippen LogP contribution in [-0.2, 0) is 28.7 Å². The Morgan fingerprint density at radius 2 is 1.67 bits per heavy atom. The van der Waals surface area contributed by atoms with E-state index in [4.69, 9.17) is 9.05 Å². The summed E-state index contributed by atoms with van der Waals surface area (Å²) in [6, 6.07) is 7.57. The summed E-state index contributed by atoms with van der Waals surface area (Å²) in [6.45, 7) is 3.10. The van der Waals surface area contributed by atoms with Gasteiger partial charge in [0.2, 0.25) is 0 Å². The van der Waals surface area contributed by atoms with Crippen molar-refractivity contribution in [2.24, 2.45) is 0 Å². The van der Waals surface area contributed by atoms with Gasteiger partial charge in [-0.25, -0.2) is 14.0 Å². The molecule has 0 bridgehead atoms. The van der Waals surface area contributed by atoms with Gasteiger partial charge in [-0.15, -0.1) is 0 Å². The molecule has 2 N–H and O–H groups in total. The van der Waals surface area contributed by atoms with Crippen molar-refractivity contribution in [1.82, 2.24) is 15.1 Å². The lowest BCUT2D eigenvalue weighted by atomic mass is 9.89. The number of alkyl halides is 3. The maximum atomic E-state index is 14.5. The second-order valence-electron chi connectivity index (χ2n) is 6.59. The highest BCUT2D eigenvalue weighted by molar-refractivity contribution is 7.71. The van der Waals surface area contributed by atoms with Crippen LogP contribution in [0.3, 0.4) is 0 Å². The van der Waals surface area contributed by atoms with Crippen LogP contribution in [0.4, 0.5) is 18.0 Å². The zero-order valence-electron chi connectivity index (χ0n) is 18.2. The normalized spacial score (nSPS) is 13.9. The van der Waals surface area contributed by atoms with Gasteiger partial charge < -0.3 is 19.1 Å². The summed E-state index contributed by atoms with van der Waals surface area (Å²) >= 11 is 0. The lowest BCUT2D eigenvalue weighted by Crippen LogP contribution is -2.63. The van der Waals surface area contributed by atoms with Crippen LogP contribution in [0.2, 0.25) is 0 Å². The predicted octanol–water partition coefficient (Wildman–Crippen LogP) is 3.38. The number of aromatic amines is 1. The zero-order chi connectivity index (χ0) is 25.0. The van der Waals surface area contributed by atoms with Crippen molar-refractivity contribution in [3.8, 4) is 5.69 Å². The first-order valence-corrected chi connectivity index (χ1v) is 11.2. The van der Waals surface area contributed by atoms with Gasteiger partial charge in [0.25, 0.3) is 11.1 Å². The van der Waals surface area contributed by atoms with E-state index in [2.05, 4.69) is 9.84 Å². The molecule has 0 fully saturated rings. The molecule has 1 aromatic carbocycles. The standard InChI is InChI=1S/C19H23F3N3O7P/c1-5-31-33(29,32-6-2)17(28)23-18(16(27)30-4,19(20,21)22)14-12(3)24-25(15(14)26)13-10-8-7-9-11-13/h7-11,24H,5-6H2,1-4H3,(H,23,28). The molecular weight excluding hydrogens is 470 g/mol. The van der Waals surface area contributed by atoms with Crippen LogP contribution >= 0.6 is 7.60 Å². The van der Waals surface area contributed by atoms with Gasteiger partial charge in [-0.3, -0.25) is 14.7 Å². The van der Waals surface area contributed by atoms with Crippen molar-refractivity contribution < 1.29 is 41.1 Å². The molecule has 14 heteroatoms. The van der Waals surface area contributed by atoms with E-state index in [1.165, 1.54) is 43.4 Å². The number of halogens is 3. The number of benzene rings is 1. The van der Waals surface area contributed by atoms with Gasteiger partial charge >= 0.3 is 25.4 Å². The van der Waals surface area contributed by atoms with Crippen LogP contribution in [0.25, 0.3) is 5.69 Å². The molecule has 0 saturated carbocycles. The summed E-state index contributed by atoms with van der Waals surface area (Å²) in [5.41, 5.74) is -8.56. The van der Waals surface area contributed by atoms with E-state index in [0.717, 1.165) is 11.6 Å². The average Bonchev–Trinajstić information content (AvgIpc) is 3.05. The number of aromatic nitrogens is 2. The second-order valence-corrected chi connectivity index (χ2v) is 8.51. The number of carbonyl (C=O) groups excluding carboxylic acids is 2. The van der Waals surface area contributed by atoms with Crippen LogP contribution in [0.5, 0.6) is 0 Å². The third kappa shape index (κ3) is 4.75. The first kappa shape index (κ1) is 26.4. The van der Waals surface area contributed by atoms with Crippen LogP contribution in [0, 0.1) is 6.92 Å². The van der Waals surface area contributed by atoms with Crippen LogP contribution in [0.1, 0.15) is 25.1 Å². The summed E-state index contributed by atoms with van der Waals surface area (Å²) in [6.07, 6.45) is -5.60. The Bertz CT molecular complexity index is 1100. The molecule has 1 atom stereocenters. The molecule has 0 aliphatic heterocycles. The quantitative estimate of drug-likeness (QED) is 0.405. The molecule has 1 aromatic heterocycles. The lowest BCUT2D eigenvalue weighted by molar-refractivity contribution is -0.212. The number of aryl methyl sites for hydroxylation is 1. The van der Waals surface area contributed by atoms with Crippen molar-refractivity contribution in [3.63, 3.8) is 0 Å². The highest BCUT2D eigenvalue weighted by atomic mass is 31.2. The number of amides is 1. The SMILES string of the molecule is CCOP(=O)(OCC)C(=O)NC(C(=O)OC)(c1c(C)[nH]n(-c2ccccc2)c1=O)C(F)(F)F. The Labute approximate surface area is 186 Å². The van der Waals surface area contributed by atoms with Crippen molar-refractivity contribution in [3.05, 3.63) is 51.9 Å². The summed E-state index contributed by atoms with van der Waals surface area (Å²) < 4.78 is 71.1. The number of methoxy groups -OCH3 is 1. The molecule has 0 aliphatic carbocycles. The first-order valence-electron chi connectivity index (χ1n) is 9.64. The van der Waals surface area contributed by atoms with Crippen molar-refractivity contribution in [2.75, 3.05) is 20.3 Å². The van der Waals surface area contributed by atoms with Gasteiger partial charge in [0.1, 0.15) is 0 Å². The summed E-state index contributed by atoms with van der Waals surface area (Å²) in [4.78, 5) is 38.5. The zero-order valence-corrected chi connectivity index (χ0v) is 19.1. The van der Waals surface area contributed by atoms with Gasteiger partial charge in [-0.05, 0) is 32.9 Å². The van der Waals surface area contributed by atoms with Gasteiger partial charge in [0.05, 0.1) is 31.6 Å². The third-order valence-corrected chi connectivity index (χ3v) is 6.32. The molecule has 33 heavy (non-hydrogen) atoms. The van der Waals surface area contributed by atoms with E-state index < -0.39 is 47.7 Å². The summed E-state index contributed by atoms with van der Waals surface area (Å²) in [5.74, 6) is -2.03. The van der Waals surface area contributed by atoms with Crippen LogP contribution < -0.4 is 10.9 Å². The predicted molar refractivity (Wildman–Crippen MR) is 110 cm³/mol. The Balaban J connectivity index is 2.82. The Kier molecular flexibility index (Phi) is 7.94. The molecule has 0 aliphatic rings. The molecule has 182 valence electrons. The van der Waals surface area contributed by atoms with E-state index in [0.29, 0.717) is 7.11 Å². The topological polar surface area (TPSA) is 129 Å². The van der Waals surface area contributed by atoms with E-state index in [1.807, 2.05) is 0 Å². The highest BCUT2D eigenvalue weighted by Gasteiger charge is 2.67. The number of H-pyrrole nitrogens is 1. The number of hydrogen-bond donors (Lipinski definition) is 2. The number of carbonyl (C=O) groups is 2. The van der Waals surface area contributed by atoms with Gasteiger partial charge in [0.15, 0.2) is 0 Å². The van der Waals surface area contributed by atoms with Crippen molar-refractivity contribution in [2.45, 2.75) is 32.5 Å². The monoisotopic (exact) mass is 493 g/mol. The maximum Gasteiger partial charge on any atom is 0.427 e. The molecule has 0 saturated heterocycles. The van der Waals surface area contributed by atoms with E-state index in [9.17, 15) is 32.1 Å². The van der Waals surface area contributed by atoms with Gasteiger partial charge in [-0.1, -0.05) is 18.2 Å². The molecule has 1 amide bonds. The van der Waals surface area contributed by atoms with Gasteiger partial charge in [-0.2, -0.15) is 13.2 Å². The number of hydrogen-bond acceptors (Lipinski definition) is 7. The van der Waals surface area contributed by atoms with Gasteiger partial charge in [0, 0.05) is 5.69 Å². The number of para-hydroxylation sites is 1. The van der Waals surface area contributed by atoms with E-state index >= 15 is 0 Å². The molecule has 10 nitrogen and oxygen atoms in total. The fraction of sp³-hybridized carbons (Fsp3) is 0.421. The first-order chi connectivity index (χ1) is 15.4. The Morgan fingerprint density at radius 3 is 2.12 bits per heavy atom. The van der Waals surface area contributed by atoms with Crippen molar-refractivity contribution >= 4 is 19.2 Å². The number of nitrogens with one attached hydrogen (secondary N) is 2. The Hall–Kier alpha value is -2.89. The number of rotatable bonds is 9. The van der Waals surface area contributed by atoms with Crippen LogP contribution in [-0.4, -0.2) is 47.9 Å². The third-order valence-electron chi connectivity index (χ3n) is 4.52. The number of ether oxygens (including phenoxy) is 1. The smallest absolute Gasteiger partial charge is 0.427 e. The van der Waals surface area contributed by atoms with E-state index in [-0.39, 0.29) is 18.9 Å². The lowest BCUT2D eigenvalue weighted by Gasteiger charge is -2.33. The van der Waals surface area contributed by atoms with Crippen molar-refractivity contribution in [1.29, 1.82) is 0 Å². The number of nitrogens with zero attached hydrogens (tertiary/aromatic N) is 1. The average molecular weight is 493 g/mol. The fourth-order valence-corrected chi connectivity index (χ4v) is 4.46. The molecule has 2 rings (SSSR count). The second kappa shape index (κ2) is 9.94. The molecule has 2 aromatic rings. The Morgan fingerprint density at radius 1 is 1.12 bits per heavy atom. The molecular formula is C19H23F3N3O7P. The molecule has 0 spiro atoms. The minimum Gasteiger partial charge on any atom is -0.467 e. The number of esters is 1. The fourth-order valence-electron chi connectivity index (χ4n) is 3.17. The molecule has 0 radical (unpaired) electrons. The minimum absolute atomic E-state index is 0.165. The largest absolute Gasteiger partial charge is 0.467 e. The summed E-state index contributed by atoms with van der Waals surface area (Å²) in [7, 11) is -4.16. The van der Waals surface area contributed by atoms with Crippen LogP contribution in [0.15, 0.2) is 35.1 Å².